The lowest BCUT2D eigenvalue weighted by Gasteiger charge is -2.14. The Morgan fingerprint density at radius 3 is 2.80 bits per heavy atom. The molecule has 1 atom stereocenters. The Morgan fingerprint density at radius 1 is 1.35 bits per heavy atom. The van der Waals surface area contributed by atoms with Gasteiger partial charge in [-0.25, -0.2) is 13.1 Å². The highest BCUT2D eigenvalue weighted by molar-refractivity contribution is 7.89. The van der Waals surface area contributed by atoms with Crippen LogP contribution in [0.5, 0.6) is 0 Å². The maximum atomic E-state index is 12.2. The number of aliphatic hydroxyl groups is 1. The van der Waals surface area contributed by atoms with Crippen molar-refractivity contribution in [3.05, 3.63) is 18.2 Å². The van der Waals surface area contributed by atoms with E-state index in [-0.39, 0.29) is 11.4 Å². The number of fused-ring (bicyclic) bond motifs is 1. The second-order valence-electron chi connectivity index (χ2n) is 5.02. The minimum atomic E-state index is -3.69. The fourth-order valence-electron chi connectivity index (χ4n) is 1.91. The highest BCUT2D eigenvalue weighted by atomic mass is 32.2. The van der Waals surface area contributed by atoms with Gasteiger partial charge in [-0.1, -0.05) is 19.9 Å². The zero-order valence-corrected chi connectivity index (χ0v) is 12.9. The van der Waals surface area contributed by atoms with Crippen LogP contribution in [-0.4, -0.2) is 26.2 Å². The van der Waals surface area contributed by atoms with Crippen LogP contribution in [0, 0.1) is 5.92 Å². The number of hydrogen-bond acceptors (Lipinski definition) is 5. The Balaban J connectivity index is 2.12. The van der Waals surface area contributed by atoms with Crippen LogP contribution in [0.25, 0.3) is 0 Å². The van der Waals surface area contributed by atoms with Gasteiger partial charge in [-0.15, -0.1) is 0 Å². The maximum absolute atomic E-state index is 12.2. The van der Waals surface area contributed by atoms with Crippen molar-refractivity contribution in [2.45, 2.75) is 31.3 Å². The van der Waals surface area contributed by atoms with E-state index in [2.05, 4.69) is 13.4 Å². The molecule has 1 unspecified atom stereocenters. The van der Waals surface area contributed by atoms with Gasteiger partial charge in [0, 0.05) is 6.54 Å². The Kier molecular flexibility index (Phi) is 4.69. The number of hydrogen-bond donors (Lipinski definition) is 2. The summed E-state index contributed by atoms with van der Waals surface area (Å²) in [5.74, 6) is 0.306. The summed E-state index contributed by atoms with van der Waals surface area (Å²) in [6.45, 7) is 3.94. The third-order valence-electron chi connectivity index (χ3n) is 2.79. The topological polar surface area (TPSA) is 91.1 Å². The number of benzene rings is 1. The second kappa shape index (κ2) is 6.13. The molecule has 0 radical (unpaired) electrons. The summed E-state index contributed by atoms with van der Waals surface area (Å²) >= 11 is 0.974. The van der Waals surface area contributed by atoms with Gasteiger partial charge in [0.05, 0.1) is 17.5 Å². The molecule has 8 heteroatoms. The summed E-state index contributed by atoms with van der Waals surface area (Å²) in [6, 6.07) is 4.83. The zero-order chi connectivity index (χ0) is 14.8. The molecule has 1 aliphatic rings. The molecule has 0 saturated heterocycles. The summed E-state index contributed by atoms with van der Waals surface area (Å²) in [6.07, 6.45) is -0.150. The molecule has 0 aromatic heterocycles. The zero-order valence-electron chi connectivity index (χ0n) is 11.3. The SMILES string of the molecule is CC(C)CC(O)CNS(=O)(=O)c1cccc2c1N=S=N2. The third kappa shape index (κ3) is 3.51. The predicted molar refractivity (Wildman–Crippen MR) is 78.6 cm³/mol. The number of aliphatic hydroxyl groups excluding tert-OH is 1. The maximum Gasteiger partial charge on any atom is 0.242 e. The molecular weight excluding hydrogens is 298 g/mol. The highest BCUT2D eigenvalue weighted by Gasteiger charge is 2.23. The minimum absolute atomic E-state index is 0.00549. The normalized spacial score (nSPS) is 15.2. The first-order valence-corrected chi connectivity index (χ1v) is 8.50. The standard InChI is InChI=1S/C12H17N3O3S2/c1-8(2)6-9(16)7-13-20(17,18)11-5-3-4-10-12(11)15-19-14-10/h3-5,8-9,13,16H,6-7H2,1-2H3. The summed E-state index contributed by atoms with van der Waals surface area (Å²) in [5, 5.41) is 9.75. The van der Waals surface area contributed by atoms with Gasteiger partial charge in [-0.05, 0) is 24.5 Å². The summed E-state index contributed by atoms with van der Waals surface area (Å²) in [7, 11) is -3.69. The number of sulfonamides is 1. The van der Waals surface area contributed by atoms with E-state index in [0.29, 0.717) is 23.7 Å². The van der Waals surface area contributed by atoms with Crippen molar-refractivity contribution in [1.29, 1.82) is 0 Å². The molecule has 110 valence electrons. The van der Waals surface area contributed by atoms with E-state index in [0.717, 1.165) is 11.4 Å². The van der Waals surface area contributed by atoms with Crippen molar-refractivity contribution in [3.63, 3.8) is 0 Å². The largest absolute Gasteiger partial charge is 0.392 e. The van der Waals surface area contributed by atoms with Gasteiger partial charge in [0.1, 0.15) is 16.3 Å². The molecule has 1 aromatic rings. The van der Waals surface area contributed by atoms with Gasteiger partial charge in [-0.2, -0.15) is 8.73 Å². The van der Waals surface area contributed by atoms with E-state index in [1.54, 1.807) is 12.1 Å². The average molecular weight is 315 g/mol. The van der Waals surface area contributed by atoms with E-state index >= 15 is 0 Å². The van der Waals surface area contributed by atoms with Crippen LogP contribution in [0.1, 0.15) is 20.3 Å². The molecule has 2 N–H and O–H groups in total. The minimum Gasteiger partial charge on any atom is -0.392 e. The number of rotatable bonds is 6. The summed E-state index contributed by atoms with van der Waals surface area (Å²) < 4.78 is 34.9. The van der Waals surface area contributed by atoms with Crippen LogP contribution in [0.15, 0.2) is 31.8 Å². The van der Waals surface area contributed by atoms with Crippen molar-refractivity contribution in [1.82, 2.24) is 4.72 Å². The molecule has 1 heterocycles. The van der Waals surface area contributed by atoms with E-state index in [1.807, 2.05) is 13.8 Å². The predicted octanol–water partition coefficient (Wildman–Crippen LogP) is 2.10. The fourth-order valence-corrected chi connectivity index (χ4v) is 3.75. The second-order valence-corrected chi connectivity index (χ2v) is 7.29. The Morgan fingerprint density at radius 2 is 2.10 bits per heavy atom. The molecule has 1 aromatic carbocycles. The average Bonchev–Trinajstić information content (AvgIpc) is 2.83. The molecule has 0 spiro atoms. The van der Waals surface area contributed by atoms with Crippen LogP contribution < -0.4 is 4.72 Å². The van der Waals surface area contributed by atoms with Crippen molar-refractivity contribution in [2.24, 2.45) is 14.6 Å². The quantitative estimate of drug-likeness (QED) is 0.855. The Labute approximate surface area is 122 Å². The van der Waals surface area contributed by atoms with Crippen molar-refractivity contribution >= 4 is 32.8 Å². The molecule has 1 aliphatic heterocycles. The van der Waals surface area contributed by atoms with E-state index < -0.39 is 16.1 Å². The van der Waals surface area contributed by atoms with Crippen LogP contribution in [0.3, 0.4) is 0 Å². The van der Waals surface area contributed by atoms with E-state index in [1.165, 1.54) is 6.07 Å². The third-order valence-corrected chi connectivity index (χ3v) is 4.79. The molecule has 0 aliphatic carbocycles. The lowest BCUT2D eigenvalue weighted by Crippen LogP contribution is -2.32. The van der Waals surface area contributed by atoms with E-state index in [9.17, 15) is 13.5 Å². The Hall–Kier alpha value is -1.09. The molecular formula is C12H17N3O3S2. The van der Waals surface area contributed by atoms with Crippen molar-refractivity contribution < 1.29 is 13.5 Å². The smallest absolute Gasteiger partial charge is 0.242 e. The molecule has 2 rings (SSSR count). The number of nitrogens with one attached hydrogen (secondary N) is 1. The van der Waals surface area contributed by atoms with Crippen LogP contribution >= 0.6 is 0 Å². The lowest BCUT2D eigenvalue weighted by atomic mass is 10.1. The lowest BCUT2D eigenvalue weighted by molar-refractivity contribution is 0.152. The molecule has 0 fully saturated rings. The highest BCUT2D eigenvalue weighted by Crippen LogP contribution is 2.37. The van der Waals surface area contributed by atoms with Gasteiger partial charge in [0.15, 0.2) is 0 Å². The first-order valence-electron chi connectivity index (χ1n) is 6.29. The molecule has 6 nitrogen and oxygen atoms in total. The van der Waals surface area contributed by atoms with Gasteiger partial charge in [-0.3, -0.25) is 0 Å². The van der Waals surface area contributed by atoms with Crippen LogP contribution in [-0.2, 0) is 21.4 Å². The first kappa shape index (κ1) is 15.3. The molecule has 0 saturated carbocycles. The molecule has 0 bridgehead atoms. The molecule has 20 heavy (non-hydrogen) atoms. The van der Waals surface area contributed by atoms with Crippen LogP contribution in [0.4, 0.5) is 11.4 Å². The number of nitrogens with zero attached hydrogens (tertiary/aromatic N) is 2. The monoisotopic (exact) mass is 315 g/mol. The van der Waals surface area contributed by atoms with Crippen molar-refractivity contribution in [2.75, 3.05) is 6.54 Å². The summed E-state index contributed by atoms with van der Waals surface area (Å²) in [4.78, 5) is 0.0977. The fraction of sp³-hybridized carbons (Fsp3) is 0.500. The molecule has 0 amide bonds. The van der Waals surface area contributed by atoms with Gasteiger partial charge in [0.2, 0.25) is 10.0 Å². The van der Waals surface area contributed by atoms with Gasteiger partial charge < -0.3 is 5.11 Å². The first-order chi connectivity index (χ1) is 9.40. The summed E-state index contributed by atoms with van der Waals surface area (Å²) in [5.41, 5.74) is 0.920. The van der Waals surface area contributed by atoms with Crippen LogP contribution in [0.2, 0.25) is 0 Å². The van der Waals surface area contributed by atoms with Crippen molar-refractivity contribution in [3.8, 4) is 0 Å². The van der Waals surface area contributed by atoms with Gasteiger partial charge in [0.25, 0.3) is 0 Å². The van der Waals surface area contributed by atoms with E-state index in [4.69, 9.17) is 0 Å². The Bertz CT molecular complexity index is 665. The van der Waals surface area contributed by atoms with Gasteiger partial charge >= 0.3 is 0 Å².